The standard InChI is InChI=1S/C12H12Cl2N2O2S.C8H3Cl3N2S.C8H6Cl2N2.C7H4Cl2O.C4H7NO.C2H6O2.CH3F.Cl2S2/c13-9-4-3-8(7-10(9)14)11-12(16-19-15-11)18-6-2-1-5-17;9-5-2-1-4(3-6(5)10)7-8(11)13-14-12-7;9-6-2-1-5(3-7(6)10)8(12)4-11;8-6-2-1-5(4-10)3-7(6)9;1-4(2,6)3-5;3-1-2-4;1-2;1-4(2)3/h3-4,7,17H,1-2,5-6H2;1-3H;1-3,8H,12H2;1-4H;6H,1-2H3;3-4H,1-2H2;1H3;/i;;;;;;1D;. The fraction of sp³-hybridized carbons (Fsp3) is 0.262. The second-order valence-corrected chi connectivity index (χ2v) is 22.2. The van der Waals surface area contributed by atoms with E-state index in [2.05, 4.69) is 28.7 Å². The molecule has 0 saturated heterocycles. The third kappa shape index (κ3) is 32.1. The molecular formula is C42H41Cl11FN7O6S4. The zero-order valence-corrected chi connectivity index (χ0v) is 48.1. The molecule has 29 heteroatoms. The van der Waals surface area contributed by atoms with Crippen LogP contribution in [0.15, 0.2) is 72.8 Å². The van der Waals surface area contributed by atoms with Gasteiger partial charge in [-0.15, -0.1) is 4.37 Å². The van der Waals surface area contributed by atoms with Crippen molar-refractivity contribution >= 4 is 175 Å². The molecule has 0 saturated carbocycles. The van der Waals surface area contributed by atoms with Crippen LogP contribution in [0.2, 0.25) is 45.3 Å². The Morgan fingerprint density at radius 3 is 1.55 bits per heavy atom. The Morgan fingerprint density at radius 2 is 1.17 bits per heavy atom. The number of aliphatic hydroxyl groups excluding tert-OH is 3. The minimum Gasteiger partial charge on any atom is -0.475 e. The summed E-state index contributed by atoms with van der Waals surface area (Å²) in [4.78, 5) is 10.2. The summed E-state index contributed by atoms with van der Waals surface area (Å²) >= 11 is 58.2. The van der Waals surface area contributed by atoms with Crippen molar-refractivity contribution in [2.24, 2.45) is 5.73 Å². The van der Waals surface area contributed by atoms with Crippen LogP contribution in [-0.2, 0) is 19.1 Å². The number of aromatic nitrogens is 4. The molecule has 0 aliphatic rings. The zero-order valence-electron chi connectivity index (χ0n) is 37.6. The van der Waals surface area contributed by atoms with Crippen molar-refractivity contribution in [3.63, 3.8) is 0 Å². The number of nitrogens with zero attached hydrogens (tertiary/aromatic N) is 6. The lowest BCUT2D eigenvalue weighted by molar-refractivity contribution is 0.112. The summed E-state index contributed by atoms with van der Waals surface area (Å²) in [6.45, 7) is 3.29. The van der Waals surface area contributed by atoms with Crippen molar-refractivity contribution in [2.45, 2.75) is 38.3 Å². The molecular weight excluding hydrogens is 1240 g/mol. The van der Waals surface area contributed by atoms with E-state index in [4.69, 9.17) is 169 Å². The number of aliphatic hydroxyl groups is 4. The first-order valence-corrected chi connectivity index (χ1v) is 27.5. The maximum absolute atomic E-state index is 10.2. The number of alkyl halides is 1. The molecule has 2 heterocycles. The molecule has 1 unspecified atom stereocenters. The van der Waals surface area contributed by atoms with E-state index >= 15 is 0 Å². The topological polar surface area (TPSA) is 232 Å². The van der Waals surface area contributed by atoms with Gasteiger partial charge in [0.25, 0.3) is 5.88 Å². The summed E-state index contributed by atoms with van der Waals surface area (Å²) in [6.07, 6.45) is 2.21. The minimum absolute atomic E-state index is 0.125. The predicted octanol–water partition coefficient (Wildman–Crippen LogP) is 14.4. The summed E-state index contributed by atoms with van der Waals surface area (Å²) in [6, 6.07) is 23.1. The quantitative estimate of drug-likeness (QED) is 0.0372. The molecule has 2 aromatic heterocycles. The van der Waals surface area contributed by atoms with Gasteiger partial charge in [-0.05, 0) is 113 Å². The molecule has 0 spiro atoms. The molecule has 0 aliphatic heterocycles. The van der Waals surface area contributed by atoms with Crippen molar-refractivity contribution in [3.05, 3.63) is 129 Å². The van der Waals surface area contributed by atoms with Crippen LogP contribution >= 0.6 is 149 Å². The average molecular weight is 1280 g/mol. The lowest BCUT2D eigenvalue weighted by Crippen LogP contribution is -2.13. The van der Waals surface area contributed by atoms with Crippen molar-refractivity contribution in [3.8, 4) is 40.5 Å². The highest BCUT2D eigenvalue weighted by Crippen LogP contribution is 2.33. The molecule has 13 nitrogen and oxygen atoms in total. The van der Waals surface area contributed by atoms with E-state index in [0.717, 1.165) is 47.3 Å². The third-order valence-electron chi connectivity index (χ3n) is 6.98. The Labute approximate surface area is 481 Å². The van der Waals surface area contributed by atoms with Crippen LogP contribution in [-0.4, -0.2) is 83.4 Å². The highest BCUT2D eigenvalue weighted by atomic mass is 36.0. The minimum atomic E-state index is -1.15. The van der Waals surface area contributed by atoms with Crippen LogP contribution in [0.5, 0.6) is 5.88 Å². The normalized spacial score (nSPS) is 10.4. The smallest absolute Gasteiger partial charge is 0.253 e. The number of hydrogen-bond donors (Lipinski definition) is 5. The van der Waals surface area contributed by atoms with Crippen molar-refractivity contribution in [2.75, 3.05) is 33.6 Å². The lowest BCUT2D eigenvalue weighted by Gasteiger charge is -2.05. The van der Waals surface area contributed by atoms with Gasteiger partial charge in [-0.3, -0.25) is 9.18 Å². The second kappa shape index (κ2) is 41.2. The summed E-state index contributed by atoms with van der Waals surface area (Å²) in [5, 5.41) is 52.9. The third-order valence-corrected chi connectivity index (χ3v) is 11.3. The zero-order chi connectivity index (χ0) is 55.4. The number of ether oxygens (including phenoxy) is 1. The van der Waals surface area contributed by atoms with Crippen LogP contribution in [0.4, 0.5) is 4.39 Å². The number of aldehydes is 1. The van der Waals surface area contributed by atoms with E-state index in [1.807, 2.05) is 12.1 Å². The molecule has 0 aliphatic carbocycles. The van der Waals surface area contributed by atoms with E-state index in [1.165, 1.54) is 19.9 Å². The number of hydrogen-bond acceptors (Lipinski definition) is 16. The van der Waals surface area contributed by atoms with Crippen LogP contribution in [0.25, 0.3) is 22.5 Å². The lowest BCUT2D eigenvalue weighted by atomic mass is 10.1. The van der Waals surface area contributed by atoms with Crippen LogP contribution in [0.1, 0.15) is 50.0 Å². The van der Waals surface area contributed by atoms with E-state index in [1.54, 1.807) is 66.7 Å². The van der Waals surface area contributed by atoms with E-state index < -0.39 is 26.7 Å². The molecule has 0 bridgehead atoms. The fourth-order valence-electron chi connectivity index (χ4n) is 3.84. The summed E-state index contributed by atoms with van der Waals surface area (Å²) in [5.41, 5.74) is 8.44. The van der Waals surface area contributed by atoms with Gasteiger partial charge in [0.05, 0.1) is 112 Å². The van der Waals surface area contributed by atoms with Gasteiger partial charge in [0.15, 0.2) is 5.15 Å². The number of carbonyl (C=O) groups is 1. The number of carbonyl (C=O) groups excluding carboxylic acids is 1. The van der Waals surface area contributed by atoms with Gasteiger partial charge in [0.2, 0.25) is 0 Å². The largest absolute Gasteiger partial charge is 0.475 e. The summed E-state index contributed by atoms with van der Waals surface area (Å²) < 4.78 is 37.3. The van der Waals surface area contributed by atoms with Crippen LogP contribution in [0, 0.1) is 22.7 Å². The van der Waals surface area contributed by atoms with E-state index in [9.17, 15) is 9.18 Å². The summed E-state index contributed by atoms with van der Waals surface area (Å²) in [5.74, 6) is 0.487. The Hall–Kier alpha value is -2.06. The monoisotopic (exact) mass is 1270 g/mol. The Morgan fingerprint density at radius 1 is 0.746 bits per heavy atom. The van der Waals surface area contributed by atoms with Gasteiger partial charge in [-0.25, -0.2) is 0 Å². The van der Waals surface area contributed by atoms with E-state index in [-0.39, 0.29) is 19.8 Å². The van der Waals surface area contributed by atoms with Gasteiger partial charge >= 0.3 is 0 Å². The number of nitriles is 2. The van der Waals surface area contributed by atoms with Crippen LogP contribution in [0.3, 0.4) is 0 Å². The van der Waals surface area contributed by atoms with Crippen molar-refractivity contribution in [1.82, 2.24) is 17.5 Å². The highest BCUT2D eigenvalue weighted by Gasteiger charge is 2.14. The first-order chi connectivity index (χ1) is 33.9. The molecule has 6 N–H and O–H groups in total. The van der Waals surface area contributed by atoms with Gasteiger partial charge in [-0.1, -0.05) is 129 Å². The first kappa shape index (κ1) is 68.9. The number of nitrogens with two attached hydrogens (primary N) is 1. The molecule has 0 amide bonds. The molecule has 71 heavy (non-hydrogen) atoms. The number of rotatable bonds is 10. The van der Waals surface area contributed by atoms with Crippen molar-refractivity contribution in [1.29, 1.82) is 10.5 Å². The second-order valence-electron chi connectivity index (χ2n) is 12.7. The molecule has 388 valence electrons. The van der Waals surface area contributed by atoms with Gasteiger partial charge in [0, 0.05) is 23.3 Å². The molecule has 6 aromatic rings. The SMILES string of the molecule is CC(C)(O)C#N.Clc1ccc(-c2nsnc2Cl)cc1Cl.N#CC(N)c1ccc(Cl)c(Cl)c1.O=Cc1ccc(Cl)c(Cl)c1.OCCCCOc1nsnc1-c1ccc(Cl)c(Cl)c1.OCCO.S=S(Cl)Cl.[2H]CF. The van der Waals surface area contributed by atoms with Gasteiger partial charge in [-0.2, -0.15) is 23.6 Å². The van der Waals surface area contributed by atoms with E-state index in [0.29, 0.717) is 86.8 Å². The maximum Gasteiger partial charge on any atom is 0.253 e. The highest BCUT2D eigenvalue weighted by molar-refractivity contribution is 8.54. The first-order valence-electron chi connectivity index (χ1n) is 19.5. The number of unbranched alkanes of at least 4 members (excludes halogenated alkanes) is 1. The molecule has 0 radical (unpaired) electrons. The van der Waals surface area contributed by atoms with Crippen molar-refractivity contribution < 1.29 is 35.7 Å². The fourth-order valence-corrected chi connectivity index (χ4v) is 6.33. The molecule has 6 rings (SSSR count). The molecule has 1 atom stereocenters. The average Bonchev–Trinajstić information content (AvgIpc) is 4.01. The number of benzene rings is 4. The Kier molecular flexibility index (Phi) is 40.0. The molecule has 0 fully saturated rings. The van der Waals surface area contributed by atoms with Crippen LogP contribution < -0.4 is 10.5 Å². The predicted molar refractivity (Wildman–Crippen MR) is 298 cm³/mol. The Balaban J connectivity index is 0. The van der Waals surface area contributed by atoms with Gasteiger partial charge < -0.3 is 30.9 Å². The molecule has 4 aromatic carbocycles. The summed E-state index contributed by atoms with van der Waals surface area (Å²) in [7, 11) is 7.93. The van der Waals surface area contributed by atoms with Gasteiger partial charge in [0.1, 0.15) is 29.3 Å². The maximum atomic E-state index is 10.2. The number of halogens is 12. The Bertz CT molecular complexity index is 2610.